The highest BCUT2D eigenvalue weighted by atomic mass is 28.4. The van der Waals surface area contributed by atoms with Crippen LogP contribution in [0.2, 0.25) is 0 Å². The zero-order valence-corrected chi connectivity index (χ0v) is 23.6. The zero-order chi connectivity index (χ0) is 25.5. The van der Waals surface area contributed by atoms with E-state index < -0.39 is 8.72 Å². The minimum Gasteiger partial charge on any atom is -0.329 e. The molecule has 5 heteroatoms. The second-order valence-corrected chi connectivity index (χ2v) is 13.4. The summed E-state index contributed by atoms with van der Waals surface area (Å²) in [5.41, 5.74) is 9.30. The van der Waals surface area contributed by atoms with Gasteiger partial charge in [-0.05, 0) is 58.9 Å². The maximum absolute atomic E-state index is 7.35. The number of allylic oxidation sites excluding steroid dienone is 2. The molecule has 0 spiro atoms. The minimum atomic E-state index is -3.27. The Balaban J connectivity index is 2.38. The number of benzene rings is 2. The maximum atomic E-state index is 7.35. The van der Waals surface area contributed by atoms with Crippen LogP contribution in [0.4, 0.5) is 11.4 Å². The standard InChI is InChI=1S/C29H44N4Si/c1-18(2)24-13-11-14-25(19(3)4)28(24)32-22(9)17-23(10)33(34(32,30)31)29-26(20(5)6)15-12-16-27(29)21(7)8/h11-21H,9,30-31H2,1-8,10H3. The van der Waals surface area contributed by atoms with Gasteiger partial charge < -0.3 is 19.9 Å². The van der Waals surface area contributed by atoms with Gasteiger partial charge in [0.15, 0.2) is 0 Å². The van der Waals surface area contributed by atoms with E-state index in [1.165, 1.54) is 27.9 Å². The molecule has 4 nitrogen and oxygen atoms in total. The molecule has 1 heterocycles. The highest BCUT2D eigenvalue weighted by Crippen LogP contribution is 2.44. The van der Waals surface area contributed by atoms with Crippen molar-refractivity contribution in [2.45, 2.75) is 86.0 Å². The van der Waals surface area contributed by atoms with E-state index in [9.17, 15) is 0 Å². The fourth-order valence-electron chi connectivity index (χ4n) is 5.20. The van der Waals surface area contributed by atoms with Crippen LogP contribution in [0, 0.1) is 0 Å². The molecule has 0 amide bonds. The lowest BCUT2D eigenvalue weighted by molar-refractivity contribution is 0.818. The first kappa shape index (κ1) is 26.3. The van der Waals surface area contributed by atoms with Crippen LogP contribution in [-0.4, -0.2) is 8.72 Å². The zero-order valence-electron chi connectivity index (χ0n) is 22.6. The molecule has 2 aromatic carbocycles. The largest absolute Gasteiger partial charge is 0.437 e. The van der Waals surface area contributed by atoms with Gasteiger partial charge in [0.25, 0.3) is 0 Å². The van der Waals surface area contributed by atoms with Gasteiger partial charge in [-0.25, -0.2) is 0 Å². The first-order chi connectivity index (χ1) is 15.8. The maximum Gasteiger partial charge on any atom is 0.437 e. The van der Waals surface area contributed by atoms with Gasteiger partial charge in [-0.3, -0.25) is 0 Å². The Morgan fingerprint density at radius 1 is 0.647 bits per heavy atom. The Morgan fingerprint density at radius 2 is 0.971 bits per heavy atom. The summed E-state index contributed by atoms with van der Waals surface area (Å²) in [6, 6.07) is 13.2. The quantitative estimate of drug-likeness (QED) is 0.430. The molecular weight excluding hydrogens is 432 g/mol. The van der Waals surface area contributed by atoms with Crippen molar-refractivity contribution in [1.29, 1.82) is 0 Å². The average molecular weight is 477 g/mol. The summed E-state index contributed by atoms with van der Waals surface area (Å²) in [6.45, 7) is 24.5. The fourth-order valence-corrected chi connectivity index (χ4v) is 7.79. The van der Waals surface area contributed by atoms with Gasteiger partial charge in [0.2, 0.25) is 0 Å². The predicted molar refractivity (Wildman–Crippen MR) is 151 cm³/mol. The van der Waals surface area contributed by atoms with Crippen molar-refractivity contribution in [3.8, 4) is 0 Å². The molecular formula is C29H44N4Si. The van der Waals surface area contributed by atoms with Crippen molar-refractivity contribution in [2.75, 3.05) is 9.13 Å². The number of rotatable bonds is 6. The van der Waals surface area contributed by atoms with E-state index in [0.29, 0.717) is 23.7 Å². The third-order valence-corrected chi connectivity index (χ3v) is 9.38. The Morgan fingerprint density at radius 3 is 1.29 bits per heavy atom. The first-order valence-electron chi connectivity index (χ1n) is 12.6. The molecule has 34 heavy (non-hydrogen) atoms. The van der Waals surface area contributed by atoms with Crippen LogP contribution in [0.3, 0.4) is 0 Å². The molecule has 0 saturated carbocycles. The van der Waals surface area contributed by atoms with Gasteiger partial charge in [-0.1, -0.05) is 98.4 Å². The van der Waals surface area contributed by atoms with Gasteiger partial charge in [-0.2, -0.15) is 0 Å². The summed E-state index contributed by atoms with van der Waals surface area (Å²) in [5, 5.41) is 14.7. The summed E-state index contributed by atoms with van der Waals surface area (Å²) in [7, 11) is -3.27. The molecule has 0 aromatic heterocycles. The highest BCUT2D eigenvalue weighted by molar-refractivity contribution is 6.82. The van der Waals surface area contributed by atoms with E-state index in [-0.39, 0.29) is 0 Å². The molecule has 3 rings (SSSR count). The molecule has 2 aromatic rings. The molecule has 0 atom stereocenters. The number of nitrogens with two attached hydrogens (primary N) is 2. The molecule has 0 aliphatic carbocycles. The lowest BCUT2D eigenvalue weighted by Crippen LogP contribution is -2.80. The minimum absolute atomic E-state index is 0.334. The average Bonchev–Trinajstić information content (AvgIpc) is 2.72. The number of anilines is 2. The summed E-state index contributed by atoms with van der Waals surface area (Å²) in [4.78, 5) is 0. The third-order valence-electron chi connectivity index (χ3n) is 6.86. The summed E-state index contributed by atoms with van der Waals surface area (Å²) in [6.07, 6.45) is 2.15. The fraction of sp³-hybridized carbons (Fsp3) is 0.448. The highest BCUT2D eigenvalue weighted by Gasteiger charge is 2.48. The van der Waals surface area contributed by atoms with Crippen LogP contribution in [0.25, 0.3) is 0 Å². The van der Waals surface area contributed by atoms with Crippen molar-refractivity contribution < 1.29 is 0 Å². The smallest absolute Gasteiger partial charge is 0.329 e. The summed E-state index contributed by atoms with van der Waals surface area (Å²) in [5.74, 6) is 1.36. The van der Waals surface area contributed by atoms with Gasteiger partial charge in [0.1, 0.15) is 0 Å². The number of hydrogen-bond acceptors (Lipinski definition) is 4. The number of para-hydroxylation sites is 2. The Labute approximate surface area is 208 Å². The van der Waals surface area contributed by atoms with Gasteiger partial charge in [0.05, 0.1) is 0 Å². The Hall–Kier alpha value is -2.34. The second kappa shape index (κ2) is 9.72. The topological polar surface area (TPSA) is 58.5 Å². The molecule has 1 aliphatic rings. The van der Waals surface area contributed by atoms with Crippen LogP contribution >= 0.6 is 0 Å². The SMILES string of the molecule is C=C1C=C(C)N(c2c(C(C)C)cccc2C(C)C)[Si](N)(N)N1c1c(C(C)C)cccc1C(C)C. The first-order valence-corrected chi connectivity index (χ1v) is 14.7. The van der Waals surface area contributed by atoms with E-state index in [0.717, 1.165) is 17.1 Å². The van der Waals surface area contributed by atoms with E-state index in [4.69, 9.17) is 10.8 Å². The normalized spacial score (nSPS) is 16.3. The van der Waals surface area contributed by atoms with Gasteiger partial charge in [0, 0.05) is 22.8 Å². The lowest BCUT2D eigenvalue weighted by Gasteiger charge is -2.51. The van der Waals surface area contributed by atoms with Crippen LogP contribution in [-0.2, 0) is 0 Å². The van der Waals surface area contributed by atoms with Crippen LogP contribution < -0.4 is 19.9 Å². The van der Waals surface area contributed by atoms with Crippen molar-refractivity contribution >= 4 is 20.1 Å². The van der Waals surface area contributed by atoms with Crippen molar-refractivity contribution in [1.82, 2.24) is 0 Å². The van der Waals surface area contributed by atoms with Crippen LogP contribution in [0.15, 0.2) is 60.4 Å². The predicted octanol–water partition coefficient (Wildman–Crippen LogP) is 7.28. The van der Waals surface area contributed by atoms with E-state index in [2.05, 4.69) is 120 Å². The molecule has 0 fully saturated rings. The van der Waals surface area contributed by atoms with Gasteiger partial charge >= 0.3 is 8.72 Å². The summed E-state index contributed by atoms with van der Waals surface area (Å²) >= 11 is 0. The third kappa shape index (κ3) is 4.49. The monoisotopic (exact) mass is 476 g/mol. The molecule has 4 N–H and O–H groups in total. The molecule has 0 bridgehead atoms. The molecule has 0 unspecified atom stereocenters. The van der Waals surface area contributed by atoms with E-state index in [1.54, 1.807) is 0 Å². The van der Waals surface area contributed by atoms with Gasteiger partial charge in [-0.15, -0.1) is 0 Å². The van der Waals surface area contributed by atoms with Crippen LogP contribution in [0.1, 0.15) is 108 Å². The lowest BCUT2D eigenvalue weighted by atomic mass is 9.92. The second-order valence-electron chi connectivity index (χ2n) is 10.9. The molecule has 0 saturated heterocycles. The van der Waals surface area contributed by atoms with Crippen molar-refractivity contribution in [3.05, 3.63) is 82.7 Å². The Kier molecular flexibility index (Phi) is 7.51. The Bertz CT molecular complexity index is 1040. The molecule has 0 radical (unpaired) electrons. The van der Waals surface area contributed by atoms with Crippen LogP contribution in [0.5, 0.6) is 0 Å². The number of nitrogens with zero attached hydrogens (tertiary/aromatic N) is 2. The van der Waals surface area contributed by atoms with E-state index in [1.807, 2.05) is 0 Å². The molecule has 1 aliphatic heterocycles. The number of hydrogen-bond donors (Lipinski definition) is 2. The van der Waals surface area contributed by atoms with Crippen molar-refractivity contribution in [3.63, 3.8) is 0 Å². The summed E-state index contributed by atoms with van der Waals surface area (Å²) < 4.78 is 4.47. The van der Waals surface area contributed by atoms with Crippen molar-refractivity contribution in [2.24, 2.45) is 10.8 Å². The van der Waals surface area contributed by atoms with E-state index >= 15 is 0 Å². The molecule has 184 valence electrons.